The number of anilines is 1. The van der Waals surface area contributed by atoms with Crippen LogP contribution >= 0.6 is 11.6 Å². The molecule has 0 aliphatic rings. The Hall–Kier alpha value is -3.72. The number of nitrogens with zero attached hydrogens (tertiary/aromatic N) is 1. The zero-order chi connectivity index (χ0) is 20.6. The molecule has 1 aromatic carbocycles. The maximum absolute atomic E-state index is 13.6. The van der Waals surface area contributed by atoms with Crippen LogP contribution in [0, 0.1) is 5.82 Å². The van der Waals surface area contributed by atoms with Crippen molar-refractivity contribution in [2.45, 2.75) is 0 Å². The molecule has 0 saturated heterocycles. The highest BCUT2D eigenvalue weighted by molar-refractivity contribution is 6.29. The Kier molecular flexibility index (Phi) is 4.85. The normalized spacial score (nSPS) is 10.6. The Morgan fingerprint density at radius 3 is 2.14 bits per heavy atom. The number of hydrogen-bond donors (Lipinski definition) is 4. The largest absolute Gasteiger partial charge is 0.478 e. The van der Waals surface area contributed by atoms with Crippen molar-refractivity contribution in [2.75, 3.05) is 5.73 Å². The Labute approximate surface area is 161 Å². The molecule has 0 saturated carbocycles. The minimum atomic E-state index is -1.60. The Bertz CT molecular complexity index is 1180. The number of nitrogens with one attached hydrogen (secondary N) is 1. The number of H-pyrrole nitrogens is 1. The fourth-order valence-electron chi connectivity index (χ4n) is 2.74. The van der Waals surface area contributed by atoms with Crippen molar-refractivity contribution < 1.29 is 24.2 Å². The molecule has 0 atom stereocenters. The van der Waals surface area contributed by atoms with Crippen LogP contribution in [0.15, 0.2) is 41.3 Å². The standard InChI is InChI=1S/C18H11ClFN3O5/c19-14-10(20)5-9(6-22-14)7-1-3-8(4-2-7)11-12(17(25)26)15(21)23-16(24)13(11)18(27)28/h1-6H,(H,25,26)(H,27,28)(H3,21,23,24). The molecular weight excluding hydrogens is 393 g/mol. The molecule has 2 heterocycles. The summed E-state index contributed by atoms with van der Waals surface area (Å²) in [6.45, 7) is 0. The van der Waals surface area contributed by atoms with Crippen LogP contribution in [0.25, 0.3) is 22.3 Å². The highest BCUT2D eigenvalue weighted by Crippen LogP contribution is 2.31. The molecule has 5 N–H and O–H groups in total. The molecule has 0 aliphatic heterocycles. The summed E-state index contributed by atoms with van der Waals surface area (Å²) in [5.41, 5.74) is 3.99. The number of hydrogen-bond acceptors (Lipinski definition) is 5. The molecule has 10 heteroatoms. The van der Waals surface area contributed by atoms with Gasteiger partial charge in [-0.3, -0.25) is 4.79 Å². The van der Waals surface area contributed by atoms with Gasteiger partial charge in [0.15, 0.2) is 11.0 Å². The van der Waals surface area contributed by atoms with Crippen molar-refractivity contribution >= 4 is 29.4 Å². The number of carbonyl (C=O) groups is 2. The number of aromatic nitrogens is 2. The maximum atomic E-state index is 13.6. The summed E-state index contributed by atoms with van der Waals surface area (Å²) in [4.78, 5) is 40.9. The van der Waals surface area contributed by atoms with E-state index >= 15 is 0 Å². The first kappa shape index (κ1) is 19.1. The lowest BCUT2D eigenvalue weighted by Crippen LogP contribution is -2.24. The van der Waals surface area contributed by atoms with E-state index in [0.717, 1.165) is 0 Å². The molecule has 0 amide bonds. The van der Waals surface area contributed by atoms with Gasteiger partial charge in [-0.25, -0.2) is 19.0 Å². The lowest BCUT2D eigenvalue weighted by molar-refractivity contribution is 0.0695. The first-order chi connectivity index (χ1) is 13.2. The Morgan fingerprint density at radius 2 is 1.61 bits per heavy atom. The Balaban J connectivity index is 2.21. The molecule has 28 heavy (non-hydrogen) atoms. The summed E-state index contributed by atoms with van der Waals surface area (Å²) in [6, 6.07) is 6.95. The predicted molar refractivity (Wildman–Crippen MR) is 99.0 cm³/mol. The summed E-state index contributed by atoms with van der Waals surface area (Å²) in [5.74, 6) is -4.29. The molecule has 0 fully saturated rings. The van der Waals surface area contributed by atoms with Crippen molar-refractivity contribution in [1.29, 1.82) is 0 Å². The number of carboxylic acid groups (broad SMARTS) is 2. The molecule has 3 aromatic rings. The zero-order valence-electron chi connectivity index (χ0n) is 13.9. The molecule has 0 aliphatic carbocycles. The summed E-state index contributed by atoms with van der Waals surface area (Å²) in [7, 11) is 0. The summed E-state index contributed by atoms with van der Waals surface area (Å²) in [5, 5.41) is 18.5. The smallest absolute Gasteiger partial charge is 0.342 e. The molecule has 2 aromatic heterocycles. The van der Waals surface area contributed by atoms with E-state index in [9.17, 15) is 29.0 Å². The molecule has 0 bridgehead atoms. The average molecular weight is 404 g/mol. The number of nitrogen functional groups attached to an aromatic ring is 1. The lowest BCUT2D eigenvalue weighted by atomic mass is 9.94. The van der Waals surface area contributed by atoms with Crippen LogP contribution in [0.4, 0.5) is 10.2 Å². The van der Waals surface area contributed by atoms with Crippen molar-refractivity contribution in [1.82, 2.24) is 9.97 Å². The van der Waals surface area contributed by atoms with Gasteiger partial charge in [0.25, 0.3) is 5.56 Å². The second-order valence-corrected chi connectivity index (χ2v) is 6.04. The molecule has 0 unspecified atom stereocenters. The monoisotopic (exact) mass is 403 g/mol. The van der Waals surface area contributed by atoms with E-state index in [0.29, 0.717) is 11.1 Å². The highest BCUT2D eigenvalue weighted by atomic mass is 35.5. The van der Waals surface area contributed by atoms with Gasteiger partial charge in [-0.05, 0) is 17.2 Å². The fourth-order valence-corrected chi connectivity index (χ4v) is 2.85. The van der Waals surface area contributed by atoms with Crippen LogP contribution in [-0.4, -0.2) is 32.1 Å². The number of rotatable bonds is 4. The first-order valence-electron chi connectivity index (χ1n) is 7.65. The van der Waals surface area contributed by atoms with Crippen molar-refractivity contribution in [2.24, 2.45) is 0 Å². The van der Waals surface area contributed by atoms with Gasteiger partial charge in [0, 0.05) is 17.3 Å². The average Bonchev–Trinajstić information content (AvgIpc) is 2.62. The minimum absolute atomic E-state index is 0.138. The number of carboxylic acids is 2. The van der Waals surface area contributed by atoms with Crippen LogP contribution in [0.1, 0.15) is 20.7 Å². The van der Waals surface area contributed by atoms with Gasteiger partial charge in [0.05, 0.1) is 0 Å². The van der Waals surface area contributed by atoms with E-state index in [1.807, 2.05) is 4.98 Å². The number of nitrogens with two attached hydrogens (primary N) is 1. The van der Waals surface area contributed by atoms with E-state index in [4.69, 9.17) is 17.3 Å². The maximum Gasteiger partial charge on any atom is 0.342 e. The molecule has 3 rings (SSSR count). The van der Waals surface area contributed by atoms with Crippen LogP contribution in [0.2, 0.25) is 5.15 Å². The van der Waals surface area contributed by atoms with Gasteiger partial charge in [-0.15, -0.1) is 0 Å². The zero-order valence-corrected chi connectivity index (χ0v) is 14.6. The van der Waals surface area contributed by atoms with Gasteiger partial charge in [0.1, 0.15) is 16.9 Å². The van der Waals surface area contributed by atoms with Crippen LogP contribution in [0.3, 0.4) is 0 Å². The molecule has 0 radical (unpaired) electrons. The highest BCUT2D eigenvalue weighted by Gasteiger charge is 2.26. The summed E-state index contributed by atoms with van der Waals surface area (Å²) in [6.07, 6.45) is 1.34. The summed E-state index contributed by atoms with van der Waals surface area (Å²) >= 11 is 5.56. The quantitative estimate of drug-likeness (QED) is 0.490. The number of benzene rings is 1. The fraction of sp³-hybridized carbons (Fsp3) is 0. The molecule has 0 spiro atoms. The van der Waals surface area contributed by atoms with Crippen LogP contribution < -0.4 is 11.3 Å². The lowest BCUT2D eigenvalue weighted by Gasteiger charge is -2.12. The Morgan fingerprint density at radius 1 is 1.04 bits per heavy atom. The van der Waals surface area contributed by atoms with Crippen molar-refractivity contribution in [3.8, 4) is 22.3 Å². The van der Waals surface area contributed by atoms with E-state index in [1.54, 1.807) is 0 Å². The van der Waals surface area contributed by atoms with Gasteiger partial charge >= 0.3 is 11.9 Å². The van der Waals surface area contributed by atoms with E-state index in [1.165, 1.54) is 36.5 Å². The molecular formula is C18H11ClFN3O5. The van der Waals surface area contributed by atoms with Crippen molar-refractivity contribution in [3.05, 3.63) is 69.0 Å². The third-order valence-electron chi connectivity index (χ3n) is 3.98. The number of aromatic amines is 1. The van der Waals surface area contributed by atoms with Crippen molar-refractivity contribution in [3.63, 3.8) is 0 Å². The SMILES string of the molecule is Nc1[nH]c(=O)c(C(=O)O)c(-c2ccc(-c3cnc(Cl)c(F)c3)cc2)c1C(=O)O. The topological polar surface area (TPSA) is 146 Å². The van der Waals surface area contributed by atoms with Gasteiger partial charge in [0.2, 0.25) is 0 Å². The van der Waals surface area contributed by atoms with Crippen LogP contribution in [-0.2, 0) is 0 Å². The van der Waals surface area contributed by atoms with E-state index in [-0.39, 0.29) is 16.3 Å². The van der Waals surface area contributed by atoms with E-state index < -0.39 is 40.3 Å². The minimum Gasteiger partial charge on any atom is -0.478 e. The first-order valence-corrected chi connectivity index (χ1v) is 8.02. The number of aromatic carboxylic acids is 2. The van der Waals surface area contributed by atoms with Gasteiger partial charge in [-0.1, -0.05) is 35.9 Å². The van der Waals surface area contributed by atoms with Crippen LogP contribution in [0.5, 0.6) is 0 Å². The number of halogens is 2. The number of pyridine rings is 2. The van der Waals surface area contributed by atoms with E-state index in [2.05, 4.69) is 4.98 Å². The summed E-state index contributed by atoms with van der Waals surface area (Å²) < 4.78 is 13.6. The molecule has 8 nitrogen and oxygen atoms in total. The molecule has 142 valence electrons. The second kappa shape index (κ2) is 7.12. The van der Waals surface area contributed by atoms with Gasteiger partial charge < -0.3 is 20.9 Å². The van der Waals surface area contributed by atoms with Gasteiger partial charge in [-0.2, -0.15) is 0 Å². The third-order valence-corrected chi connectivity index (χ3v) is 4.25. The predicted octanol–water partition coefficient (Wildman–Crippen LogP) is 2.88. The second-order valence-electron chi connectivity index (χ2n) is 5.68. The third kappa shape index (κ3) is 3.30.